The van der Waals surface area contributed by atoms with E-state index in [0.29, 0.717) is 6.61 Å². The summed E-state index contributed by atoms with van der Waals surface area (Å²) in [4.78, 5) is 1.02. The maximum atomic E-state index is 11.4. The molecule has 0 saturated carbocycles. The van der Waals surface area contributed by atoms with E-state index >= 15 is 0 Å². The lowest BCUT2D eigenvalue weighted by atomic mass is 9.92. The van der Waals surface area contributed by atoms with Crippen molar-refractivity contribution >= 4 is 63.8 Å². The van der Waals surface area contributed by atoms with Crippen LogP contribution in [0.5, 0.6) is 0 Å². The molecule has 336 valence electrons. The van der Waals surface area contributed by atoms with Crippen molar-refractivity contribution in [1.29, 1.82) is 5.26 Å². The number of benzene rings is 7. The number of hydrogen-bond donors (Lipinski definition) is 0. The van der Waals surface area contributed by atoms with Gasteiger partial charge in [-0.1, -0.05) is 196 Å². The van der Waals surface area contributed by atoms with Crippen molar-refractivity contribution in [2.75, 3.05) is 6.61 Å². The highest BCUT2D eigenvalue weighted by molar-refractivity contribution is 14.1. The van der Waals surface area contributed by atoms with Gasteiger partial charge in [0, 0.05) is 14.9 Å². The first-order valence-corrected chi connectivity index (χ1v) is 26.4. The quantitative estimate of drug-likeness (QED) is 0.0742. The van der Waals surface area contributed by atoms with E-state index in [2.05, 4.69) is 159 Å². The zero-order valence-electron chi connectivity index (χ0n) is 37.4. The molecule has 0 aromatic heterocycles. The summed E-state index contributed by atoms with van der Waals surface area (Å²) in [6, 6.07) is 66.9. The van der Waals surface area contributed by atoms with Gasteiger partial charge >= 0.3 is 0 Å². The molecule has 1 unspecified atom stereocenters. The van der Waals surface area contributed by atoms with Crippen LogP contribution < -0.4 is 10.4 Å². The minimum absolute atomic E-state index is 0.128. The Morgan fingerprint density at radius 3 is 1.86 bits per heavy atom. The number of fused-ring (bicyclic) bond motifs is 2. The lowest BCUT2D eigenvalue weighted by Gasteiger charge is -2.54. The van der Waals surface area contributed by atoms with Gasteiger partial charge in [-0.3, -0.25) is 0 Å². The van der Waals surface area contributed by atoms with Crippen LogP contribution in [0.3, 0.4) is 0 Å². The first kappa shape index (κ1) is 46.5. The van der Waals surface area contributed by atoms with E-state index < -0.39 is 50.1 Å². The van der Waals surface area contributed by atoms with Crippen LogP contribution in [0.2, 0.25) is 5.04 Å². The minimum atomic E-state index is -3.09. The van der Waals surface area contributed by atoms with E-state index in [4.69, 9.17) is 28.1 Å². The van der Waals surface area contributed by atoms with Crippen molar-refractivity contribution < 1.29 is 28.1 Å². The van der Waals surface area contributed by atoms with Crippen molar-refractivity contribution in [1.82, 2.24) is 0 Å². The summed E-state index contributed by atoms with van der Waals surface area (Å²) in [5, 5.41) is 15.7. The van der Waals surface area contributed by atoms with E-state index in [0.717, 1.165) is 46.3 Å². The molecule has 10 heteroatoms. The van der Waals surface area contributed by atoms with Gasteiger partial charge < -0.3 is 28.1 Å². The Bertz CT molecular complexity index is 2680. The van der Waals surface area contributed by atoms with E-state index in [1.165, 1.54) is 0 Å². The van der Waals surface area contributed by atoms with E-state index in [1.807, 2.05) is 78.9 Å². The maximum Gasteiger partial charge on any atom is 0.264 e. The van der Waals surface area contributed by atoms with E-state index in [1.54, 1.807) is 11.8 Å². The molecule has 0 bridgehead atoms. The van der Waals surface area contributed by atoms with Gasteiger partial charge in [-0.2, -0.15) is 5.26 Å². The zero-order valence-corrected chi connectivity index (χ0v) is 41.3. The Hall–Kier alpha value is -4.65. The average molecular weight is 1020 g/mol. The highest BCUT2D eigenvalue weighted by atomic mass is 127. The van der Waals surface area contributed by atoms with Crippen LogP contribution in [0, 0.1) is 14.9 Å². The molecule has 7 aromatic carbocycles. The number of hydrogen-bond acceptors (Lipinski definition) is 8. The maximum absolute atomic E-state index is 11.4. The SMILES string of the molecule is CC(C)(C)[Si](OC[C@H]1OC(C#N)(Cc2ccccc2I)O[C@H]2[C@H](OCc3ccc4ccccc4c3)[C@H](OCc3ccccc3)[C@@H](Sc3ccccc3)O[C@@H]21)(c1ccccc1)c1ccccc1. The number of thioether (sulfide) groups is 1. The molecule has 0 radical (unpaired) electrons. The van der Waals surface area contributed by atoms with Crippen LogP contribution in [0.4, 0.5) is 0 Å². The van der Waals surface area contributed by atoms with Gasteiger partial charge in [-0.15, -0.1) is 0 Å². The lowest BCUT2D eigenvalue weighted by Crippen LogP contribution is -2.71. The lowest BCUT2D eigenvalue weighted by molar-refractivity contribution is -0.374. The second-order valence-electron chi connectivity index (χ2n) is 18.0. The molecule has 2 aliphatic rings. The van der Waals surface area contributed by atoms with Crippen LogP contribution >= 0.6 is 34.4 Å². The molecule has 0 spiro atoms. The average Bonchev–Trinajstić information content (AvgIpc) is 3.34. The summed E-state index contributed by atoms with van der Waals surface area (Å²) >= 11 is 3.91. The normalized spacial score (nSPS) is 23.2. The second-order valence-corrected chi connectivity index (χ2v) is 24.6. The summed E-state index contributed by atoms with van der Waals surface area (Å²) < 4.78 is 44.5. The van der Waals surface area contributed by atoms with Gasteiger partial charge in [-0.25, -0.2) is 0 Å². The van der Waals surface area contributed by atoms with Crippen LogP contribution in [-0.2, 0) is 47.7 Å². The monoisotopic (exact) mass is 1020 g/mol. The number of nitriles is 1. The number of ether oxygens (including phenoxy) is 5. The molecule has 2 saturated heterocycles. The van der Waals surface area contributed by atoms with Crippen molar-refractivity contribution in [3.63, 3.8) is 0 Å². The van der Waals surface area contributed by atoms with Gasteiger partial charge in [0.15, 0.2) is 0 Å². The third-order valence-corrected chi connectivity index (χ3v) is 19.7. The highest BCUT2D eigenvalue weighted by Gasteiger charge is 2.60. The molecule has 66 heavy (non-hydrogen) atoms. The van der Waals surface area contributed by atoms with Gasteiger partial charge in [0.25, 0.3) is 14.1 Å². The summed E-state index contributed by atoms with van der Waals surface area (Å²) in [7, 11) is -3.09. The topological polar surface area (TPSA) is 79.2 Å². The molecular weight excluding hydrogens is 970 g/mol. The second kappa shape index (κ2) is 20.7. The largest absolute Gasteiger partial charge is 0.405 e. The Balaban J connectivity index is 1.16. The molecule has 0 amide bonds. The molecule has 0 N–H and O–H groups in total. The van der Waals surface area contributed by atoms with Crippen molar-refractivity contribution in [2.24, 2.45) is 0 Å². The molecule has 7 aromatic rings. The molecule has 7 atom stereocenters. The Morgan fingerprint density at radius 2 is 1.21 bits per heavy atom. The fourth-order valence-electron chi connectivity index (χ4n) is 9.38. The predicted molar refractivity (Wildman–Crippen MR) is 273 cm³/mol. The molecular formula is C56H54INO6SSi. The number of nitrogens with zero attached hydrogens (tertiary/aromatic N) is 1. The summed E-state index contributed by atoms with van der Waals surface area (Å²) in [5.41, 5.74) is 2.40. The fraction of sp³-hybridized carbons (Fsp3) is 0.268. The fourth-order valence-corrected chi connectivity index (χ4v) is 15.7. The molecule has 7 nitrogen and oxygen atoms in total. The smallest absolute Gasteiger partial charge is 0.264 e. The predicted octanol–water partition coefficient (Wildman–Crippen LogP) is 11.3. The van der Waals surface area contributed by atoms with Gasteiger partial charge in [0.05, 0.1) is 19.8 Å². The van der Waals surface area contributed by atoms with E-state index in [9.17, 15) is 5.26 Å². The Morgan fingerprint density at radius 1 is 0.636 bits per heavy atom. The summed E-state index contributed by atoms with van der Waals surface area (Å²) in [6.07, 6.45) is -3.45. The van der Waals surface area contributed by atoms with Crippen LogP contribution in [0.1, 0.15) is 37.5 Å². The van der Waals surface area contributed by atoms with Crippen molar-refractivity contribution in [2.45, 2.75) is 92.1 Å². The van der Waals surface area contributed by atoms with Crippen LogP contribution in [-0.4, -0.2) is 56.7 Å². The summed E-state index contributed by atoms with van der Waals surface area (Å²) in [6.45, 7) is 7.51. The highest BCUT2D eigenvalue weighted by Crippen LogP contribution is 2.45. The Kier molecular flexibility index (Phi) is 14.6. The Labute approximate surface area is 407 Å². The van der Waals surface area contributed by atoms with Crippen LogP contribution in [0.25, 0.3) is 10.8 Å². The third-order valence-electron chi connectivity index (χ3n) is 12.5. The number of halogens is 1. The molecule has 2 aliphatic heterocycles. The van der Waals surface area contributed by atoms with Gasteiger partial charge in [0.2, 0.25) is 0 Å². The standard InChI is InChI=1S/C56H54INO6SSi/c1-55(2,3)66(46-27-12-6-13-28-46,47-29-14-7-15-30-47)61-38-49-50-52(64-56(39-58,63-49)35-44-24-18-19-31-48(44)57)51(59-37-41-32-33-42-22-16-17-23-43(42)34-41)53(60-36-40-20-8-4-9-21-40)54(62-50)65-45-25-10-5-11-26-45/h4-34,49-54H,35-38H2,1-3H3/t49-,50-,51+,52-,53+,54-,56?/m1/s1. The molecule has 9 rings (SSSR count). The minimum Gasteiger partial charge on any atom is -0.405 e. The third kappa shape index (κ3) is 10.1. The zero-order chi connectivity index (χ0) is 45.6. The molecule has 2 heterocycles. The van der Waals surface area contributed by atoms with Gasteiger partial charge in [0.1, 0.15) is 42.0 Å². The van der Waals surface area contributed by atoms with Crippen molar-refractivity contribution in [3.05, 3.63) is 208 Å². The van der Waals surface area contributed by atoms with E-state index in [-0.39, 0.29) is 24.7 Å². The number of rotatable bonds is 15. The molecule has 2 fully saturated rings. The van der Waals surface area contributed by atoms with Gasteiger partial charge in [-0.05, 0) is 89.7 Å². The first-order chi connectivity index (χ1) is 32.1. The van der Waals surface area contributed by atoms with Crippen molar-refractivity contribution in [3.8, 4) is 6.07 Å². The first-order valence-electron chi connectivity index (χ1n) is 22.5. The van der Waals surface area contributed by atoms with Crippen LogP contribution in [0.15, 0.2) is 193 Å². The molecule has 0 aliphatic carbocycles. The summed E-state index contributed by atoms with van der Waals surface area (Å²) in [5.74, 6) is -1.72.